The summed E-state index contributed by atoms with van der Waals surface area (Å²) in [7, 11) is 16.1. The van der Waals surface area contributed by atoms with Crippen LogP contribution in [0.4, 0.5) is 0 Å². The van der Waals surface area contributed by atoms with Crippen molar-refractivity contribution in [2.45, 2.75) is 97.1 Å². The molecule has 0 bridgehead atoms. The van der Waals surface area contributed by atoms with Crippen molar-refractivity contribution in [2.75, 3.05) is 213 Å². The zero-order valence-electron chi connectivity index (χ0n) is 59.2. The van der Waals surface area contributed by atoms with E-state index in [1.54, 1.807) is 120 Å². The Morgan fingerprint density at radius 1 is 0.587 bits per heavy atom. The van der Waals surface area contributed by atoms with E-state index in [-0.39, 0.29) is 27.7 Å². The van der Waals surface area contributed by atoms with Gasteiger partial charge in [0.1, 0.15) is 6.10 Å². The molecule has 1 atom stereocenters. The summed E-state index contributed by atoms with van der Waals surface area (Å²) < 4.78 is 110. The molecule has 33 heteroatoms. The minimum atomic E-state index is -2.81. The van der Waals surface area contributed by atoms with E-state index < -0.39 is 58.8 Å². The lowest BCUT2D eigenvalue weighted by atomic mass is 10.2. The van der Waals surface area contributed by atoms with Gasteiger partial charge in [-0.15, -0.1) is 13.2 Å². The van der Waals surface area contributed by atoms with Crippen LogP contribution in [-0.4, -0.2) is 288 Å². The highest BCUT2D eigenvalue weighted by molar-refractivity contribution is 6.62. The standard InChI is InChI=1S/C11H18O3Si.C9H23NO4Si.C9H21NO3Si.C9H20O5Si.C8H22N2O3Si.C8H16O5Si.C3H6.2CH4/c1-12-15(13-2,14-3)10-9-11-7-5-4-6-8-11;1-10(7-8-11)6-5-9-15(12-2,13-3)14-4;1-5-7-10-8-6-9-14(11-2,12-3)13-4;1-10-15(11-2,12-3)6-4-5-13-7-9-8-14-9;1-11-14(12-2,13-3)8-4-6-10-7-5-9;1-7(2)8(9)13-6-14(10-3,11-4)12-5;1-3-2;;/h4-8H,9-10H2,1-3H3;11H,5-9H2,1-4H3;5,10H,1,6-9H2,2-4H3;9H,4-8H2,1-3H3;10H,4-9H2,1-3H3;1,6H2,2-5H3;3H,1H2,2H3;2*1H4. The molecule has 1 fully saturated rings. The van der Waals surface area contributed by atoms with Crippen molar-refractivity contribution >= 4 is 58.8 Å². The van der Waals surface area contributed by atoms with Crippen molar-refractivity contribution in [3.63, 3.8) is 0 Å². The van der Waals surface area contributed by atoms with Crippen LogP contribution in [0.5, 0.6) is 0 Å². The predicted molar refractivity (Wildman–Crippen MR) is 379 cm³/mol. The third kappa shape index (κ3) is 51.4. The number of ether oxygens (including phenoxy) is 3. The second-order valence-corrected chi connectivity index (χ2v) is 37.4. The Balaban J connectivity index is -0.000000186. The number of nitrogens with two attached hydrogens (primary N) is 1. The maximum absolute atomic E-state index is 11.1. The van der Waals surface area contributed by atoms with Crippen molar-refractivity contribution in [1.82, 2.24) is 15.5 Å². The Morgan fingerprint density at radius 2 is 0.946 bits per heavy atom. The van der Waals surface area contributed by atoms with Gasteiger partial charge in [-0.3, -0.25) is 0 Å². The van der Waals surface area contributed by atoms with Crippen molar-refractivity contribution < 1.29 is 104 Å². The van der Waals surface area contributed by atoms with E-state index in [0.29, 0.717) is 38.0 Å². The molecule has 92 heavy (non-hydrogen) atoms. The van der Waals surface area contributed by atoms with Crippen LogP contribution >= 0.6 is 0 Å². The molecule has 0 radical (unpaired) electrons. The van der Waals surface area contributed by atoms with Gasteiger partial charge in [0.25, 0.3) is 0 Å². The summed E-state index contributed by atoms with van der Waals surface area (Å²) in [5.41, 5.74) is 6.96. The minimum absolute atomic E-state index is 0. The van der Waals surface area contributed by atoms with Gasteiger partial charge >= 0.3 is 58.8 Å². The highest BCUT2D eigenvalue weighted by Gasteiger charge is 2.42. The third-order valence-electron chi connectivity index (χ3n) is 13.2. The number of benzene rings is 1. The SMILES string of the molecule is C.C.C=C(C)C(=O)OC[Si](OC)(OC)OC.C=CC.C=CCNCCC[Si](OC)(OC)OC.CO[Si](CCCN(C)CCO)(OC)OC.CO[Si](CCCNCCN)(OC)OC.CO[Si](CCCOCC1CO1)(OC)OC.CO[Si](CCc1ccccc1)(OC)OC. The molecule has 0 aromatic heterocycles. The molecule has 1 aromatic carbocycles. The summed E-state index contributed by atoms with van der Waals surface area (Å²) in [5.74, 6) is -0.479. The van der Waals surface area contributed by atoms with Gasteiger partial charge in [-0.25, -0.2) is 4.79 Å². The van der Waals surface area contributed by atoms with Crippen LogP contribution in [0.15, 0.2) is 67.8 Å². The van der Waals surface area contributed by atoms with Gasteiger partial charge in [-0.05, 0) is 78.2 Å². The smallest absolute Gasteiger partial charge is 0.458 e. The molecule has 0 saturated carbocycles. The van der Waals surface area contributed by atoms with E-state index in [1.165, 1.54) is 26.9 Å². The van der Waals surface area contributed by atoms with Gasteiger partial charge in [0.2, 0.25) is 0 Å². The van der Waals surface area contributed by atoms with Crippen LogP contribution in [0.3, 0.4) is 0 Å². The quantitative estimate of drug-likeness (QED) is 0.0131. The fourth-order valence-corrected chi connectivity index (χ4v) is 17.0. The number of hydrogen-bond acceptors (Lipinski definition) is 27. The first-order valence-electron chi connectivity index (χ1n) is 29.6. The maximum atomic E-state index is 11.1. The molecule has 27 nitrogen and oxygen atoms in total. The average molecular weight is 1440 g/mol. The number of hydrogen-bond donors (Lipinski definition) is 4. The Kier molecular flexibility index (Phi) is 76.4. The normalized spacial score (nSPS) is 12.7. The molecule has 1 aliphatic rings. The predicted octanol–water partition coefficient (Wildman–Crippen LogP) is 6.78. The zero-order valence-corrected chi connectivity index (χ0v) is 65.2. The highest BCUT2D eigenvalue weighted by atomic mass is 28.4. The number of aliphatic hydroxyl groups is 1. The lowest BCUT2D eigenvalue weighted by Crippen LogP contribution is -2.48. The lowest BCUT2D eigenvalue weighted by Gasteiger charge is -2.25. The first-order chi connectivity index (χ1) is 43.1. The number of aliphatic hydroxyl groups excluding tert-OH is 1. The fraction of sp³-hybridized carbons (Fsp3) is 0.780. The topological polar surface area (TPSA) is 288 Å². The number of carbonyl (C=O) groups excluding carboxylic acids is 1. The molecule has 2 rings (SSSR count). The van der Waals surface area contributed by atoms with Crippen LogP contribution in [0.2, 0.25) is 30.2 Å². The van der Waals surface area contributed by atoms with Crippen molar-refractivity contribution in [2.24, 2.45) is 5.73 Å². The summed E-state index contributed by atoms with van der Waals surface area (Å²) in [6.07, 6.45) is 8.61. The lowest BCUT2D eigenvalue weighted by molar-refractivity contribution is -0.138. The van der Waals surface area contributed by atoms with E-state index >= 15 is 0 Å². The van der Waals surface area contributed by atoms with Gasteiger partial charge in [0.05, 0.1) is 19.8 Å². The first kappa shape index (κ1) is 104. The second-order valence-electron chi connectivity index (χ2n) is 19.0. The van der Waals surface area contributed by atoms with Gasteiger partial charge in [0.15, 0.2) is 6.23 Å². The molecular weight excluding hydrogens is 1300 g/mol. The molecule has 1 heterocycles. The number of nitrogens with zero attached hydrogens (tertiary/aromatic N) is 1. The Bertz CT molecular complexity index is 1720. The molecule has 1 aromatic rings. The first-order valence-corrected chi connectivity index (χ1v) is 41.2. The number of likely N-dealkylation sites (N-methyl/N-ethyl adjacent to an activating group) is 1. The van der Waals surface area contributed by atoms with Gasteiger partial charge in [0, 0.05) is 197 Å². The molecule has 552 valence electrons. The van der Waals surface area contributed by atoms with E-state index in [4.69, 9.17) is 105 Å². The molecule has 1 saturated heterocycles. The highest BCUT2D eigenvalue weighted by Crippen LogP contribution is 2.19. The second kappa shape index (κ2) is 67.8. The van der Waals surface area contributed by atoms with E-state index in [9.17, 15) is 4.79 Å². The summed E-state index contributed by atoms with van der Waals surface area (Å²) in [6.45, 7) is 22.1. The van der Waals surface area contributed by atoms with Crippen LogP contribution < -0.4 is 16.4 Å². The molecular formula is C59H134N4O23Si6. The summed E-state index contributed by atoms with van der Waals surface area (Å²) in [4.78, 5) is 13.1. The third-order valence-corrected chi connectivity index (χ3v) is 29.6. The van der Waals surface area contributed by atoms with Crippen molar-refractivity contribution in [3.05, 3.63) is 73.4 Å². The largest absolute Gasteiger partial charge is 0.539 e. The Morgan fingerprint density at radius 3 is 1.28 bits per heavy atom. The van der Waals surface area contributed by atoms with Crippen molar-refractivity contribution in [1.29, 1.82) is 0 Å². The molecule has 1 aliphatic heterocycles. The van der Waals surface area contributed by atoms with Crippen LogP contribution in [0, 0.1) is 0 Å². The average Bonchev–Trinajstić information content (AvgIpc) is 3.20. The fourth-order valence-electron chi connectivity index (χ4n) is 7.34. The van der Waals surface area contributed by atoms with Crippen LogP contribution in [-0.2, 0) is 105 Å². The zero-order chi connectivity index (χ0) is 69.7. The van der Waals surface area contributed by atoms with E-state index in [0.717, 1.165) is 102 Å². The van der Waals surface area contributed by atoms with E-state index in [2.05, 4.69) is 47.4 Å². The minimum Gasteiger partial charge on any atom is -0.458 e. The molecule has 0 aliphatic carbocycles. The number of esters is 1. The summed E-state index contributed by atoms with van der Waals surface area (Å²) in [6, 6.07) is 14.3. The summed E-state index contributed by atoms with van der Waals surface area (Å²) >= 11 is 0. The van der Waals surface area contributed by atoms with E-state index in [1.807, 2.05) is 38.2 Å². The molecule has 1 unspecified atom stereocenters. The maximum Gasteiger partial charge on any atom is 0.539 e. The Hall–Kier alpha value is -1.79. The molecule has 5 N–H and O–H groups in total. The Labute approximate surface area is 565 Å². The molecule has 0 amide bonds. The van der Waals surface area contributed by atoms with Crippen LogP contribution in [0.25, 0.3) is 0 Å². The number of allylic oxidation sites excluding steroid dienone is 1. The summed E-state index contributed by atoms with van der Waals surface area (Å²) in [5, 5.41) is 15.2. The monoisotopic (exact) mass is 1430 g/mol. The van der Waals surface area contributed by atoms with Crippen LogP contribution in [0.1, 0.15) is 59.9 Å². The molecule has 0 spiro atoms. The number of nitrogens with one attached hydrogen (secondary N) is 2. The van der Waals surface area contributed by atoms with Gasteiger partial charge in [-0.1, -0.05) is 63.9 Å². The van der Waals surface area contributed by atoms with Gasteiger partial charge in [-0.2, -0.15) is 0 Å². The van der Waals surface area contributed by atoms with Crippen molar-refractivity contribution in [3.8, 4) is 0 Å². The number of aryl methyl sites for hydroxylation is 1. The van der Waals surface area contributed by atoms with Gasteiger partial charge < -0.3 is 120 Å². The number of rotatable bonds is 48. The number of epoxide rings is 1. The number of carbonyl (C=O) groups is 1.